The number of aromatic nitrogens is 1. The third-order valence-electron chi connectivity index (χ3n) is 6.72. The summed E-state index contributed by atoms with van der Waals surface area (Å²) in [6.45, 7) is 7.86. The van der Waals surface area contributed by atoms with Crippen molar-refractivity contribution in [2.24, 2.45) is 0 Å². The fraction of sp³-hybridized carbons (Fsp3) is 0.333. The van der Waals surface area contributed by atoms with E-state index in [0.717, 1.165) is 51.9 Å². The Kier molecular flexibility index (Phi) is 9.44. The highest BCUT2D eigenvalue weighted by Crippen LogP contribution is 2.44. The van der Waals surface area contributed by atoms with Gasteiger partial charge in [-0.25, -0.2) is 4.98 Å². The highest BCUT2D eigenvalue weighted by atomic mass is 35.5. The molecule has 0 aliphatic carbocycles. The standard InChI is InChI=1S/C33H36ClNO4S/c1-32(2,20-31(36)37)40-30(17-14-22-8-5-6-11-28(22)33(3,4)38)24-9-7-10-27(18-24)39-21-26-16-13-23-12-15-25(34)19-29(23)35-26/h5-13,15-16,18-19,30,38H,14,17,20-21H2,1-4H3,(H,36,37)/t30-/m1/s1. The monoisotopic (exact) mass is 577 g/mol. The molecule has 0 saturated heterocycles. The van der Waals surface area contributed by atoms with Crippen molar-refractivity contribution >= 4 is 40.2 Å². The molecule has 2 N–H and O–H groups in total. The van der Waals surface area contributed by atoms with Gasteiger partial charge >= 0.3 is 5.97 Å². The van der Waals surface area contributed by atoms with Crippen LogP contribution in [0.4, 0.5) is 0 Å². The number of aliphatic carboxylic acids is 1. The molecule has 0 saturated carbocycles. The maximum atomic E-state index is 11.6. The number of rotatable bonds is 12. The van der Waals surface area contributed by atoms with Crippen molar-refractivity contribution in [3.8, 4) is 5.75 Å². The molecule has 0 fully saturated rings. The molecule has 40 heavy (non-hydrogen) atoms. The van der Waals surface area contributed by atoms with Crippen LogP contribution in [0.2, 0.25) is 5.02 Å². The van der Waals surface area contributed by atoms with Crippen LogP contribution in [0.5, 0.6) is 5.75 Å². The van der Waals surface area contributed by atoms with E-state index in [-0.39, 0.29) is 11.7 Å². The zero-order valence-electron chi connectivity index (χ0n) is 23.4. The predicted molar refractivity (Wildman–Crippen MR) is 164 cm³/mol. The van der Waals surface area contributed by atoms with Gasteiger partial charge in [-0.2, -0.15) is 0 Å². The van der Waals surface area contributed by atoms with Gasteiger partial charge in [-0.1, -0.05) is 74.0 Å². The molecule has 0 bridgehead atoms. The number of carboxylic acid groups (broad SMARTS) is 1. The van der Waals surface area contributed by atoms with Gasteiger partial charge in [0.1, 0.15) is 12.4 Å². The van der Waals surface area contributed by atoms with E-state index >= 15 is 0 Å². The minimum absolute atomic E-state index is 0.0219. The number of hydrogen-bond donors (Lipinski definition) is 2. The van der Waals surface area contributed by atoms with Gasteiger partial charge in [0, 0.05) is 20.4 Å². The number of hydrogen-bond acceptors (Lipinski definition) is 5. The molecule has 1 heterocycles. The predicted octanol–water partition coefficient (Wildman–Crippen LogP) is 8.36. The van der Waals surface area contributed by atoms with E-state index in [9.17, 15) is 15.0 Å². The van der Waals surface area contributed by atoms with E-state index in [1.807, 2.05) is 80.6 Å². The first-order chi connectivity index (χ1) is 18.9. The molecule has 3 aromatic carbocycles. The van der Waals surface area contributed by atoms with Gasteiger partial charge < -0.3 is 14.9 Å². The van der Waals surface area contributed by atoms with Gasteiger partial charge in [0.15, 0.2) is 0 Å². The summed E-state index contributed by atoms with van der Waals surface area (Å²) >= 11 is 7.81. The van der Waals surface area contributed by atoms with Gasteiger partial charge in [-0.05, 0) is 73.7 Å². The molecule has 1 atom stereocenters. The van der Waals surface area contributed by atoms with Crippen molar-refractivity contribution in [1.29, 1.82) is 0 Å². The Morgan fingerprint density at radius 3 is 2.50 bits per heavy atom. The van der Waals surface area contributed by atoms with Crippen LogP contribution >= 0.6 is 23.4 Å². The molecule has 0 radical (unpaired) electrons. The van der Waals surface area contributed by atoms with Gasteiger partial charge in [-0.15, -0.1) is 11.8 Å². The number of aliphatic hydroxyl groups is 1. The zero-order valence-corrected chi connectivity index (χ0v) is 24.9. The van der Waals surface area contributed by atoms with E-state index < -0.39 is 16.3 Å². The van der Waals surface area contributed by atoms with Crippen LogP contribution in [0.3, 0.4) is 0 Å². The Hall–Kier alpha value is -3.06. The molecule has 0 aliphatic rings. The van der Waals surface area contributed by atoms with E-state index in [4.69, 9.17) is 16.3 Å². The lowest BCUT2D eigenvalue weighted by Crippen LogP contribution is -2.22. The summed E-state index contributed by atoms with van der Waals surface area (Å²) in [5.41, 5.74) is 3.75. The molecule has 0 unspecified atom stereocenters. The number of thioether (sulfide) groups is 1. The molecule has 4 aromatic rings. The Labute approximate surface area is 245 Å². The molecule has 0 spiro atoms. The topological polar surface area (TPSA) is 79.7 Å². The summed E-state index contributed by atoms with van der Waals surface area (Å²) in [6, 6.07) is 25.6. The minimum atomic E-state index is -0.947. The molecular formula is C33H36ClNO4S. The van der Waals surface area contributed by atoms with E-state index in [1.54, 1.807) is 25.6 Å². The second kappa shape index (κ2) is 12.6. The molecule has 1 aromatic heterocycles. The van der Waals surface area contributed by atoms with Crippen molar-refractivity contribution in [2.45, 2.75) is 69.2 Å². The van der Waals surface area contributed by atoms with Crippen molar-refractivity contribution in [1.82, 2.24) is 4.98 Å². The number of nitrogens with zero attached hydrogens (tertiary/aromatic N) is 1. The Bertz CT molecular complexity index is 1480. The fourth-order valence-electron chi connectivity index (χ4n) is 4.88. The number of fused-ring (bicyclic) bond motifs is 1. The quantitative estimate of drug-likeness (QED) is 0.176. The summed E-state index contributed by atoms with van der Waals surface area (Å²) in [6.07, 6.45) is 1.58. The maximum Gasteiger partial charge on any atom is 0.304 e. The van der Waals surface area contributed by atoms with Crippen LogP contribution in [-0.2, 0) is 23.4 Å². The third-order valence-corrected chi connectivity index (χ3v) is 8.53. The Morgan fingerprint density at radius 2 is 1.75 bits per heavy atom. The summed E-state index contributed by atoms with van der Waals surface area (Å²) in [4.78, 5) is 16.3. The normalized spacial score (nSPS) is 12.8. The number of carbonyl (C=O) groups is 1. The van der Waals surface area contributed by atoms with Gasteiger partial charge in [-0.3, -0.25) is 4.79 Å². The number of aryl methyl sites for hydroxylation is 1. The average Bonchev–Trinajstić information content (AvgIpc) is 2.88. The zero-order chi connectivity index (χ0) is 28.9. The van der Waals surface area contributed by atoms with Gasteiger partial charge in [0.05, 0.1) is 23.2 Å². The molecular weight excluding hydrogens is 542 g/mol. The SMILES string of the molecule is CC(C)(CC(=O)O)S[C@H](CCc1ccccc1C(C)(C)O)c1cccc(OCc2ccc3ccc(Cl)cc3n2)c1. The van der Waals surface area contributed by atoms with Crippen molar-refractivity contribution in [2.75, 3.05) is 0 Å². The summed E-state index contributed by atoms with van der Waals surface area (Å²) in [5, 5.41) is 21.9. The van der Waals surface area contributed by atoms with E-state index in [1.165, 1.54) is 0 Å². The first kappa shape index (κ1) is 29.9. The Morgan fingerprint density at radius 1 is 1.00 bits per heavy atom. The van der Waals surface area contributed by atoms with Crippen molar-refractivity contribution in [3.05, 3.63) is 106 Å². The first-order valence-corrected chi connectivity index (χ1v) is 14.6. The highest BCUT2D eigenvalue weighted by Gasteiger charge is 2.28. The van der Waals surface area contributed by atoms with Crippen LogP contribution in [0.25, 0.3) is 10.9 Å². The molecule has 7 heteroatoms. The molecule has 0 aliphatic heterocycles. The van der Waals surface area contributed by atoms with Crippen LogP contribution in [0, 0.1) is 0 Å². The van der Waals surface area contributed by atoms with Crippen LogP contribution in [-0.4, -0.2) is 25.9 Å². The second-order valence-electron chi connectivity index (χ2n) is 11.2. The van der Waals surface area contributed by atoms with Gasteiger partial charge in [0.25, 0.3) is 0 Å². The lowest BCUT2D eigenvalue weighted by molar-refractivity contribution is -0.137. The highest BCUT2D eigenvalue weighted by molar-refractivity contribution is 8.00. The summed E-state index contributed by atoms with van der Waals surface area (Å²) in [5.74, 6) is -0.0890. The van der Waals surface area contributed by atoms with Crippen molar-refractivity contribution in [3.63, 3.8) is 0 Å². The Balaban J connectivity index is 1.55. The lowest BCUT2D eigenvalue weighted by Gasteiger charge is -2.29. The summed E-state index contributed by atoms with van der Waals surface area (Å²) in [7, 11) is 0. The maximum absolute atomic E-state index is 11.6. The second-order valence-corrected chi connectivity index (χ2v) is 13.5. The molecule has 5 nitrogen and oxygen atoms in total. The number of halogens is 1. The summed E-state index contributed by atoms with van der Waals surface area (Å²) < 4.78 is 5.68. The minimum Gasteiger partial charge on any atom is -0.487 e. The largest absolute Gasteiger partial charge is 0.487 e. The number of benzene rings is 3. The van der Waals surface area contributed by atoms with Crippen molar-refractivity contribution < 1.29 is 19.7 Å². The average molecular weight is 578 g/mol. The molecule has 0 amide bonds. The van der Waals surface area contributed by atoms with Crippen LogP contribution < -0.4 is 4.74 Å². The van der Waals surface area contributed by atoms with Gasteiger partial charge in [0.2, 0.25) is 0 Å². The molecule has 4 rings (SSSR count). The smallest absolute Gasteiger partial charge is 0.304 e. The number of pyridine rings is 1. The van der Waals surface area contributed by atoms with Crippen LogP contribution in [0.1, 0.15) is 68.2 Å². The number of ether oxygens (including phenoxy) is 1. The third kappa shape index (κ3) is 8.23. The fourth-order valence-corrected chi connectivity index (χ4v) is 6.54. The lowest BCUT2D eigenvalue weighted by atomic mass is 9.90. The van der Waals surface area contributed by atoms with E-state index in [0.29, 0.717) is 11.6 Å². The van der Waals surface area contributed by atoms with E-state index in [2.05, 4.69) is 17.1 Å². The van der Waals surface area contributed by atoms with Crippen LogP contribution in [0.15, 0.2) is 78.9 Å². The number of carboxylic acids is 1. The first-order valence-electron chi connectivity index (χ1n) is 13.4. The molecule has 210 valence electrons.